The van der Waals surface area contributed by atoms with Gasteiger partial charge in [-0.1, -0.05) is 24.3 Å². The van der Waals surface area contributed by atoms with Crippen molar-refractivity contribution in [1.29, 1.82) is 0 Å². The highest BCUT2D eigenvalue weighted by atomic mass is 19.1. The van der Waals surface area contributed by atoms with Crippen molar-refractivity contribution in [2.24, 2.45) is 5.41 Å². The van der Waals surface area contributed by atoms with E-state index in [1.807, 2.05) is 40.8 Å². The van der Waals surface area contributed by atoms with Crippen LogP contribution in [0.15, 0.2) is 61.1 Å². The Morgan fingerprint density at radius 3 is 2.65 bits per heavy atom. The second-order valence-electron chi connectivity index (χ2n) is 9.49. The molecular weight excluding hydrogens is 431 g/mol. The number of amides is 1. The molecular formula is C27H25FN4O2. The van der Waals surface area contributed by atoms with Crippen molar-refractivity contribution in [3.8, 4) is 17.1 Å². The van der Waals surface area contributed by atoms with Crippen molar-refractivity contribution >= 4 is 16.8 Å². The monoisotopic (exact) mass is 456 g/mol. The molecule has 0 saturated carbocycles. The first kappa shape index (κ1) is 21.0. The average molecular weight is 457 g/mol. The van der Waals surface area contributed by atoms with Crippen LogP contribution in [-0.2, 0) is 4.74 Å². The molecule has 1 amide bonds. The third-order valence-corrected chi connectivity index (χ3v) is 7.06. The summed E-state index contributed by atoms with van der Waals surface area (Å²) in [5.74, 6) is 0.220. The average Bonchev–Trinajstić information content (AvgIpc) is 3.19. The van der Waals surface area contributed by atoms with Crippen LogP contribution >= 0.6 is 0 Å². The number of nitrogens with zero attached hydrogens (tertiary/aromatic N) is 4. The Balaban J connectivity index is 1.33. The zero-order valence-corrected chi connectivity index (χ0v) is 19.0. The lowest BCUT2D eigenvalue weighted by Gasteiger charge is -2.48. The van der Waals surface area contributed by atoms with Gasteiger partial charge in [-0.2, -0.15) is 0 Å². The first-order valence-electron chi connectivity index (χ1n) is 11.6. The number of hydrogen-bond acceptors (Lipinski definition) is 4. The fourth-order valence-corrected chi connectivity index (χ4v) is 5.17. The smallest absolute Gasteiger partial charge is 0.253 e. The van der Waals surface area contributed by atoms with E-state index in [4.69, 9.17) is 4.74 Å². The third kappa shape index (κ3) is 3.47. The standard InChI is InChI=1S/C27H25FN4O2/c1-18-14-32(26-29-12-20(13-30-26)22-5-2-3-6-23(22)28)24-11-19(7-8-21(18)24)25(33)31-10-4-9-27(15-31)16-34-17-27/h2-3,5-8,11-14H,4,9-10,15-17H2,1H3. The number of carbonyl (C=O) groups is 1. The molecule has 4 heterocycles. The summed E-state index contributed by atoms with van der Waals surface area (Å²) in [6.07, 6.45) is 7.36. The number of halogens is 1. The van der Waals surface area contributed by atoms with Gasteiger partial charge in [0.2, 0.25) is 5.95 Å². The number of hydrogen-bond donors (Lipinski definition) is 0. The Morgan fingerprint density at radius 1 is 1.12 bits per heavy atom. The predicted molar refractivity (Wildman–Crippen MR) is 127 cm³/mol. The van der Waals surface area contributed by atoms with Crippen LogP contribution in [0.2, 0.25) is 0 Å². The lowest BCUT2D eigenvalue weighted by Crippen LogP contribution is -2.55. The van der Waals surface area contributed by atoms with Crippen LogP contribution < -0.4 is 0 Å². The minimum atomic E-state index is -0.308. The van der Waals surface area contributed by atoms with E-state index in [0.717, 1.165) is 55.6 Å². The number of fused-ring (bicyclic) bond motifs is 1. The van der Waals surface area contributed by atoms with Crippen LogP contribution in [0.5, 0.6) is 0 Å². The molecule has 2 aliphatic rings. The SMILES string of the molecule is Cc1cn(-c2ncc(-c3ccccc3F)cn2)c2cc(C(=O)N3CCCC4(COC4)C3)ccc12. The molecule has 0 unspecified atom stereocenters. The highest BCUT2D eigenvalue weighted by Gasteiger charge is 2.43. The van der Waals surface area contributed by atoms with E-state index in [2.05, 4.69) is 9.97 Å². The Kier molecular flexibility index (Phi) is 4.95. The van der Waals surface area contributed by atoms with Gasteiger partial charge in [-0.05, 0) is 43.5 Å². The summed E-state index contributed by atoms with van der Waals surface area (Å²) < 4.78 is 21.5. The zero-order chi connectivity index (χ0) is 23.3. The van der Waals surface area contributed by atoms with Gasteiger partial charge in [-0.3, -0.25) is 9.36 Å². The molecule has 34 heavy (non-hydrogen) atoms. The topological polar surface area (TPSA) is 60.2 Å². The first-order valence-corrected chi connectivity index (χ1v) is 11.6. The van der Waals surface area contributed by atoms with Crippen LogP contribution in [-0.4, -0.2) is 51.6 Å². The van der Waals surface area contributed by atoms with Crippen molar-refractivity contribution in [3.05, 3.63) is 78.0 Å². The van der Waals surface area contributed by atoms with Gasteiger partial charge in [0, 0.05) is 59.2 Å². The van der Waals surface area contributed by atoms with Gasteiger partial charge in [-0.15, -0.1) is 0 Å². The zero-order valence-electron chi connectivity index (χ0n) is 19.0. The van der Waals surface area contributed by atoms with Crippen LogP contribution in [0.25, 0.3) is 28.0 Å². The third-order valence-electron chi connectivity index (χ3n) is 7.06. The van der Waals surface area contributed by atoms with E-state index in [1.165, 1.54) is 6.07 Å². The van der Waals surface area contributed by atoms with Crippen LogP contribution in [0, 0.1) is 18.2 Å². The van der Waals surface area contributed by atoms with Gasteiger partial charge in [0.05, 0.1) is 18.7 Å². The molecule has 2 fully saturated rings. The van der Waals surface area contributed by atoms with Crippen LogP contribution in [0.3, 0.4) is 0 Å². The molecule has 0 N–H and O–H groups in total. The van der Waals surface area contributed by atoms with Crippen molar-refractivity contribution in [2.45, 2.75) is 19.8 Å². The summed E-state index contributed by atoms with van der Waals surface area (Å²) in [6.45, 7) is 5.05. The number of benzene rings is 2. The Labute approximate surface area is 197 Å². The van der Waals surface area contributed by atoms with Crippen molar-refractivity contribution < 1.29 is 13.9 Å². The molecule has 7 heteroatoms. The van der Waals surface area contributed by atoms with Gasteiger partial charge in [0.1, 0.15) is 5.82 Å². The molecule has 4 aromatic rings. The summed E-state index contributed by atoms with van der Waals surface area (Å²) in [6, 6.07) is 12.4. The molecule has 2 saturated heterocycles. The van der Waals surface area contributed by atoms with Crippen LogP contribution in [0.4, 0.5) is 4.39 Å². The van der Waals surface area contributed by atoms with E-state index in [1.54, 1.807) is 30.6 Å². The molecule has 0 radical (unpaired) electrons. The van der Waals surface area contributed by atoms with E-state index in [-0.39, 0.29) is 17.1 Å². The summed E-state index contributed by atoms with van der Waals surface area (Å²) in [5.41, 5.74) is 3.83. The number of rotatable bonds is 3. The van der Waals surface area contributed by atoms with Gasteiger partial charge in [0.25, 0.3) is 5.91 Å². The molecule has 0 bridgehead atoms. The minimum absolute atomic E-state index is 0.0501. The van der Waals surface area contributed by atoms with Gasteiger partial charge in [0.15, 0.2) is 0 Å². The maximum atomic E-state index is 14.2. The fraction of sp³-hybridized carbons (Fsp3) is 0.296. The predicted octanol–water partition coefficient (Wildman–Crippen LogP) is 4.79. The Bertz CT molecular complexity index is 1390. The summed E-state index contributed by atoms with van der Waals surface area (Å²) in [5, 5.41) is 1.04. The number of likely N-dealkylation sites (tertiary alicyclic amines) is 1. The lowest BCUT2D eigenvalue weighted by molar-refractivity contribution is -0.138. The number of piperidine rings is 1. The maximum absolute atomic E-state index is 14.2. The van der Waals surface area contributed by atoms with Gasteiger partial charge in [-0.25, -0.2) is 14.4 Å². The van der Waals surface area contributed by atoms with Crippen molar-refractivity contribution in [1.82, 2.24) is 19.4 Å². The van der Waals surface area contributed by atoms with Crippen molar-refractivity contribution in [3.63, 3.8) is 0 Å². The summed E-state index contributed by atoms with van der Waals surface area (Å²) in [4.78, 5) is 24.3. The quantitative estimate of drug-likeness (QED) is 0.445. The highest BCUT2D eigenvalue weighted by Crippen LogP contribution is 2.37. The molecule has 2 aromatic heterocycles. The van der Waals surface area contributed by atoms with Gasteiger partial charge < -0.3 is 9.64 Å². The number of aromatic nitrogens is 3. The normalized spacial score (nSPS) is 17.2. The molecule has 2 aliphatic heterocycles. The van der Waals surface area contributed by atoms with Gasteiger partial charge >= 0.3 is 0 Å². The molecule has 6 nitrogen and oxygen atoms in total. The first-order chi connectivity index (χ1) is 16.5. The molecule has 0 atom stereocenters. The lowest BCUT2D eigenvalue weighted by atomic mass is 9.78. The van der Waals surface area contributed by atoms with E-state index in [9.17, 15) is 9.18 Å². The van der Waals surface area contributed by atoms with E-state index >= 15 is 0 Å². The van der Waals surface area contributed by atoms with Crippen LogP contribution in [0.1, 0.15) is 28.8 Å². The van der Waals surface area contributed by atoms with E-state index < -0.39 is 0 Å². The van der Waals surface area contributed by atoms with Crippen molar-refractivity contribution in [2.75, 3.05) is 26.3 Å². The maximum Gasteiger partial charge on any atom is 0.253 e. The largest absolute Gasteiger partial charge is 0.380 e. The fourth-order valence-electron chi connectivity index (χ4n) is 5.17. The second-order valence-corrected chi connectivity index (χ2v) is 9.49. The Hall–Kier alpha value is -3.58. The van der Waals surface area contributed by atoms with E-state index in [0.29, 0.717) is 22.6 Å². The second kappa shape index (κ2) is 8.02. The molecule has 2 aromatic carbocycles. The number of aryl methyl sites for hydroxylation is 1. The molecule has 0 aliphatic carbocycles. The number of carbonyl (C=O) groups excluding carboxylic acids is 1. The molecule has 6 rings (SSSR count). The molecule has 172 valence electrons. The molecule has 1 spiro atoms. The number of ether oxygens (including phenoxy) is 1. The summed E-state index contributed by atoms with van der Waals surface area (Å²) in [7, 11) is 0. The Morgan fingerprint density at radius 2 is 1.91 bits per heavy atom. The minimum Gasteiger partial charge on any atom is -0.380 e. The highest BCUT2D eigenvalue weighted by molar-refractivity contribution is 5.99. The summed E-state index contributed by atoms with van der Waals surface area (Å²) >= 11 is 0.